The van der Waals surface area contributed by atoms with Crippen LogP contribution in [0, 0.1) is 0 Å². The monoisotopic (exact) mass is 189 g/mol. The van der Waals surface area contributed by atoms with Crippen molar-refractivity contribution in [2.75, 3.05) is 25.4 Å². The Kier molecular flexibility index (Phi) is 4.40. The maximum absolute atomic E-state index is 5.54. The summed E-state index contributed by atoms with van der Waals surface area (Å²) >= 11 is 4.21. The Morgan fingerprint density at radius 3 is 2.92 bits per heavy atom. The van der Waals surface area contributed by atoms with Crippen molar-refractivity contribution in [3.05, 3.63) is 0 Å². The molecule has 2 atom stereocenters. The van der Waals surface area contributed by atoms with Crippen LogP contribution in [0.2, 0.25) is 0 Å². The van der Waals surface area contributed by atoms with E-state index in [1.807, 2.05) is 0 Å². The zero-order valence-corrected chi connectivity index (χ0v) is 8.89. The molecule has 1 aliphatic heterocycles. The van der Waals surface area contributed by atoms with Crippen LogP contribution in [-0.4, -0.2) is 42.5 Å². The largest absolute Gasteiger partial charge is 0.376 e. The maximum Gasteiger partial charge on any atom is 0.0674 e. The van der Waals surface area contributed by atoms with Gasteiger partial charge in [-0.15, -0.1) is 0 Å². The SMILES string of the molecule is CC1CN(CCCS)C(C)CO1. The van der Waals surface area contributed by atoms with E-state index in [1.165, 1.54) is 13.0 Å². The average molecular weight is 189 g/mol. The third-order valence-corrected chi connectivity index (χ3v) is 2.66. The normalized spacial score (nSPS) is 32.2. The van der Waals surface area contributed by atoms with Gasteiger partial charge in [0.25, 0.3) is 0 Å². The first kappa shape index (κ1) is 10.4. The summed E-state index contributed by atoms with van der Waals surface area (Å²) in [5.41, 5.74) is 0. The van der Waals surface area contributed by atoms with E-state index in [0.29, 0.717) is 12.1 Å². The molecule has 1 aliphatic rings. The van der Waals surface area contributed by atoms with E-state index in [1.54, 1.807) is 0 Å². The molecule has 0 aromatic heterocycles. The minimum Gasteiger partial charge on any atom is -0.376 e. The van der Waals surface area contributed by atoms with Gasteiger partial charge in [0.1, 0.15) is 0 Å². The lowest BCUT2D eigenvalue weighted by Gasteiger charge is -2.36. The van der Waals surface area contributed by atoms with Crippen molar-refractivity contribution in [1.29, 1.82) is 0 Å². The van der Waals surface area contributed by atoms with Crippen LogP contribution in [0.4, 0.5) is 0 Å². The second kappa shape index (κ2) is 5.10. The Hall–Kier alpha value is 0.270. The molecule has 2 unspecified atom stereocenters. The molecule has 0 bridgehead atoms. The third kappa shape index (κ3) is 2.96. The van der Waals surface area contributed by atoms with Crippen molar-refractivity contribution >= 4 is 12.6 Å². The highest BCUT2D eigenvalue weighted by molar-refractivity contribution is 7.80. The Balaban J connectivity index is 2.28. The van der Waals surface area contributed by atoms with Crippen molar-refractivity contribution in [2.24, 2.45) is 0 Å². The summed E-state index contributed by atoms with van der Waals surface area (Å²) in [5, 5.41) is 0. The van der Waals surface area contributed by atoms with Gasteiger partial charge >= 0.3 is 0 Å². The highest BCUT2D eigenvalue weighted by Gasteiger charge is 2.22. The molecule has 0 radical (unpaired) electrons. The summed E-state index contributed by atoms with van der Waals surface area (Å²) < 4.78 is 5.54. The van der Waals surface area contributed by atoms with Crippen molar-refractivity contribution in [3.63, 3.8) is 0 Å². The lowest BCUT2D eigenvalue weighted by molar-refractivity contribution is -0.0489. The minimum absolute atomic E-state index is 0.404. The molecular weight excluding hydrogens is 170 g/mol. The van der Waals surface area contributed by atoms with Gasteiger partial charge < -0.3 is 4.74 Å². The van der Waals surface area contributed by atoms with Crippen LogP contribution in [-0.2, 0) is 4.74 Å². The van der Waals surface area contributed by atoms with Crippen LogP contribution in [0.25, 0.3) is 0 Å². The van der Waals surface area contributed by atoms with Gasteiger partial charge in [-0.1, -0.05) is 0 Å². The summed E-state index contributed by atoms with van der Waals surface area (Å²) in [6, 6.07) is 0.584. The van der Waals surface area contributed by atoms with Crippen molar-refractivity contribution < 1.29 is 4.74 Å². The number of ether oxygens (including phenoxy) is 1. The lowest BCUT2D eigenvalue weighted by Crippen LogP contribution is -2.47. The number of hydrogen-bond acceptors (Lipinski definition) is 3. The maximum atomic E-state index is 5.54. The first-order valence-corrected chi connectivity index (χ1v) is 5.33. The van der Waals surface area contributed by atoms with Gasteiger partial charge in [-0.25, -0.2) is 0 Å². The summed E-state index contributed by atoms with van der Waals surface area (Å²) in [4.78, 5) is 2.49. The van der Waals surface area contributed by atoms with Crippen LogP contribution < -0.4 is 0 Å². The van der Waals surface area contributed by atoms with Crippen LogP contribution in [0.1, 0.15) is 20.3 Å². The molecule has 1 heterocycles. The van der Waals surface area contributed by atoms with Crippen LogP contribution >= 0.6 is 12.6 Å². The van der Waals surface area contributed by atoms with E-state index in [4.69, 9.17) is 4.74 Å². The second-order valence-corrected chi connectivity index (χ2v) is 4.01. The van der Waals surface area contributed by atoms with Crippen LogP contribution in [0.5, 0.6) is 0 Å². The molecule has 2 nitrogen and oxygen atoms in total. The minimum atomic E-state index is 0.404. The topological polar surface area (TPSA) is 12.5 Å². The fourth-order valence-electron chi connectivity index (χ4n) is 1.56. The van der Waals surface area contributed by atoms with Crippen molar-refractivity contribution in [2.45, 2.75) is 32.4 Å². The predicted octanol–water partition coefficient (Wildman–Crippen LogP) is 1.42. The number of morpholine rings is 1. The number of thiol groups is 1. The lowest BCUT2D eigenvalue weighted by atomic mass is 10.2. The zero-order valence-electron chi connectivity index (χ0n) is 7.99. The summed E-state index contributed by atoms with van der Waals surface area (Å²) in [6.45, 7) is 7.49. The highest BCUT2D eigenvalue weighted by atomic mass is 32.1. The molecule has 1 fully saturated rings. The van der Waals surface area contributed by atoms with Gasteiger partial charge in [0.05, 0.1) is 12.7 Å². The summed E-state index contributed by atoms with van der Waals surface area (Å²) in [6.07, 6.45) is 1.58. The van der Waals surface area contributed by atoms with Gasteiger partial charge in [-0.05, 0) is 32.6 Å². The van der Waals surface area contributed by atoms with Gasteiger partial charge in [0.15, 0.2) is 0 Å². The first-order valence-electron chi connectivity index (χ1n) is 4.70. The Labute approximate surface area is 80.7 Å². The van der Waals surface area contributed by atoms with E-state index in [2.05, 4.69) is 31.4 Å². The molecule has 0 aromatic rings. The third-order valence-electron chi connectivity index (χ3n) is 2.34. The molecule has 0 aromatic carbocycles. The highest BCUT2D eigenvalue weighted by Crippen LogP contribution is 2.11. The average Bonchev–Trinajstić information content (AvgIpc) is 2.07. The molecule has 12 heavy (non-hydrogen) atoms. The molecule has 0 saturated carbocycles. The molecule has 1 saturated heterocycles. The summed E-state index contributed by atoms with van der Waals surface area (Å²) in [5.74, 6) is 0.985. The number of hydrogen-bond donors (Lipinski definition) is 1. The Morgan fingerprint density at radius 2 is 2.25 bits per heavy atom. The van der Waals surface area contributed by atoms with E-state index < -0.39 is 0 Å². The van der Waals surface area contributed by atoms with Crippen molar-refractivity contribution in [1.82, 2.24) is 4.90 Å². The zero-order chi connectivity index (χ0) is 8.97. The molecule has 3 heteroatoms. The molecule has 0 spiro atoms. The molecule has 0 aliphatic carbocycles. The Bertz CT molecular complexity index is 132. The van der Waals surface area contributed by atoms with Gasteiger partial charge in [-0.2, -0.15) is 12.6 Å². The second-order valence-electron chi connectivity index (χ2n) is 3.57. The smallest absolute Gasteiger partial charge is 0.0674 e. The van der Waals surface area contributed by atoms with E-state index in [9.17, 15) is 0 Å². The molecule has 1 rings (SSSR count). The van der Waals surface area contributed by atoms with Crippen molar-refractivity contribution in [3.8, 4) is 0 Å². The molecule has 0 N–H and O–H groups in total. The fraction of sp³-hybridized carbons (Fsp3) is 1.00. The summed E-state index contributed by atoms with van der Waals surface area (Å²) in [7, 11) is 0. The molecule has 0 amide bonds. The van der Waals surface area contributed by atoms with Gasteiger partial charge in [-0.3, -0.25) is 4.90 Å². The standard InChI is InChI=1S/C9H19NOS/c1-8-7-11-9(2)6-10(8)4-3-5-12/h8-9,12H,3-7H2,1-2H3. The van der Waals surface area contributed by atoms with Gasteiger partial charge in [0.2, 0.25) is 0 Å². The van der Waals surface area contributed by atoms with E-state index >= 15 is 0 Å². The molecule has 72 valence electrons. The van der Waals surface area contributed by atoms with E-state index in [0.717, 1.165) is 18.9 Å². The Morgan fingerprint density at radius 1 is 1.50 bits per heavy atom. The van der Waals surface area contributed by atoms with Gasteiger partial charge in [0, 0.05) is 12.6 Å². The quantitative estimate of drug-likeness (QED) is 0.674. The molecular formula is C9H19NOS. The van der Waals surface area contributed by atoms with Crippen LogP contribution in [0.15, 0.2) is 0 Å². The fourth-order valence-corrected chi connectivity index (χ4v) is 1.70. The van der Waals surface area contributed by atoms with Crippen LogP contribution in [0.3, 0.4) is 0 Å². The predicted molar refractivity (Wildman–Crippen MR) is 54.9 cm³/mol. The first-order chi connectivity index (χ1) is 5.74. The van der Waals surface area contributed by atoms with E-state index in [-0.39, 0.29) is 0 Å². The number of nitrogens with zero attached hydrogens (tertiary/aromatic N) is 1. The number of rotatable bonds is 3.